The number of benzene rings is 3. The van der Waals surface area contributed by atoms with Crippen LogP contribution in [-0.2, 0) is 4.79 Å². The molecule has 1 unspecified atom stereocenters. The summed E-state index contributed by atoms with van der Waals surface area (Å²) in [5.41, 5.74) is 4.12. The first kappa shape index (κ1) is 22.4. The van der Waals surface area contributed by atoms with Crippen LogP contribution in [0.1, 0.15) is 18.5 Å². The van der Waals surface area contributed by atoms with Gasteiger partial charge in [-0.15, -0.1) is 0 Å². The molecule has 2 heterocycles. The fourth-order valence-corrected chi connectivity index (χ4v) is 4.62. The van der Waals surface area contributed by atoms with Crippen LogP contribution < -0.4 is 16.0 Å². The van der Waals surface area contributed by atoms with Crippen molar-refractivity contribution in [3.63, 3.8) is 0 Å². The topological polar surface area (TPSA) is 91.5 Å². The summed E-state index contributed by atoms with van der Waals surface area (Å²) >= 11 is 7.10. The molecule has 0 radical (unpaired) electrons. The molecule has 0 aliphatic carbocycles. The third-order valence-electron chi connectivity index (χ3n) is 5.33. The van der Waals surface area contributed by atoms with Crippen LogP contribution in [0.5, 0.6) is 0 Å². The van der Waals surface area contributed by atoms with Gasteiger partial charge in [0.25, 0.3) is 5.91 Å². The number of para-hydroxylation sites is 3. The van der Waals surface area contributed by atoms with E-state index in [0.717, 1.165) is 20.0 Å². The fraction of sp³-hybridized carbons (Fsp3) is 0.0800. The second-order valence-electron chi connectivity index (χ2n) is 7.61. The molecule has 1 amide bonds. The zero-order chi connectivity index (χ0) is 23.7. The van der Waals surface area contributed by atoms with Gasteiger partial charge in [0.05, 0.1) is 11.3 Å². The number of allylic oxidation sites excluding steroid dienone is 1. The molecule has 34 heavy (non-hydrogen) atoms. The lowest BCUT2D eigenvalue weighted by molar-refractivity contribution is -0.113. The third-order valence-corrected chi connectivity index (χ3v) is 6.74. The Hall–Kier alpha value is -3.43. The number of amides is 1. The van der Waals surface area contributed by atoms with Crippen LogP contribution in [0.4, 0.5) is 11.7 Å². The second kappa shape index (κ2) is 9.44. The van der Waals surface area contributed by atoms with Crippen molar-refractivity contribution in [2.24, 2.45) is 4.99 Å². The number of rotatable bonds is 4. The van der Waals surface area contributed by atoms with Gasteiger partial charge in [0.15, 0.2) is 5.58 Å². The summed E-state index contributed by atoms with van der Waals surface area (Å²) in [5.74, 6) is 0.185. The number of anilines is 2. The molecule has 170 valence electrons. The molecular weight excluding hydrogens is 562 g/mol. The van der Waals surface area contributed by atoms with Gasteiger partial charge in [0, 0.05) is 14.6 Å². The molecule has 0 spiro atoms. The van der Waals surface area contributed by atoms with Crippen LogP contribution in [0.3, 0.4) is 0 Å². The quantitative estimate of drug-likeness (QED) is 0.260. The Morgan fingerprint density at radius 1 is 0.971 bits per heavy atom. The molecule has 3 N–H and O–H groups in total. The van der Waals surface area contributed by atoms with Crippen LogP contribution in [-0.4, -0.2) is 16.9 Å². The van der Waals surface area contributed by atoms with Gasteiger partial charge < -0.3 is 15.1 Å². The van der Waals surface area contributed by atoms with E-state index >= 15 is 0 Å². The molecule has 0 saturated carbocycles. The molecule has 5 rings (SSSR count). The summed E-state index contributed by atoms with van der Waals surface area (Å²) in [7, 11) is 0. The van der Waals surface area contributed by atoms with Gasteiger partial charge in [-0.25, -0.2) is 4.99 Å². The van der Waals surface area contributed by atoms with E-state index in [-0.39, 0.29) is 5.91 Å². The number of nitrogens with zero attached hydrogens (tertiary/aromatic N) is 2. The van der Waals surface area contributed by atoms with Crippen molar-refractivity contribution in [3.05, 3.63) is 98.6 Å². The van der Waals surface area contributed by atoms with E-state index in [4.69, 9.17) is 9.41 Å². The minimum absolute atomic E-state index is 0.248. The number of hydrogen-bond donors (Lipinski definition) is 3. The lowest BCUT2D eigenvalue weighted by atomic mass is 9.95. The van der Waals surface area contributed by atoms with Gasteiger partial charge in [-0.3, -0.25) is 10.1 Å². The first-order valence-electron chi connectivity index (χ1n) is 10.5. The Morgan fingerprint density at radius 2 is 1.68 bits per heavy atom. The molecule has 1 atom stereocenters. The van der Waals surface area contributed by atoms with E-state index in [1.807, 2.05) is 79.7 Å². The van der Waals surface area contributed by atoms with Gasteiger partial charge in [0.2, 0.25) is 5.96 Å². The van der Waals surface area contributed by atoms with E-state index in [2.05, 4.69) is 52.8 Å². The maximum absolute atomic E-state index is 13.4. The van der Waals surface area contributed by atoms with Gasteiger partial charge in [-0.05, 0) is 58.7 Å². The molecule has 0 bridgehead atoms. The summed E-state index contributed by atoms with van der Waals surface area (Å²) < 4.78 is 7.43. The van der Waals surface area contributed by atoms with Crippen molar-refractivity contribution >= 4 is 66.5 Å². The van der Waals surface area contributed by atoms with Gasteiger partial charge >= 0.3 is 6.01 Å². The Morgan fingerprint density at radius 3 is 2.44 bits per heavy atom. The summed E-state index contributed by atoms with van der Waals surface area (Å²) in [5, 5.41) is 9.29. The number of guanidine groups is 1. The van der Waals surface area contributed by atoms with Crippen molar-refractivity contribution in [3.8, 4) is 0 Å². The summed E-state index contributed by atoms with van der Waals surface area (Å²) in [4.78, 5) is 22.7. The predicted octanol–water partition coefficient (Wildman–Crippen LogP) is 6.38. The molecule has 1 aromatic heterocycles. The van der Waals surface area contributed by atoms with Crippen LogP contribution in [0, 0.1) is 0 Å². The summed E-state index contributed by atoms with van der Waals surface area (Å²) in [6.07, 6.45) is 0. The normalized spacial score (nSPS) is 15.6. The molecule has 3 aromatic carbocycles. The smallest absolute Gasteiger partial charge is 0.302 e. The third kappa shape index (κ3) is 4.49. The molecule has 1 aliphatic rings. The highest BCUT2D eigenvalue weighted by Crippen LogP contribution is 2.36. The average molecular weight is 581 g/mol. The first-order valence-corrected chi connectivity index (χ1v) is 12.1. The van der Waals surface area contributed by atoms with Gasteiger partial charge in [0.1, 0.15) is 11.6 Å². The van der Waals surface area contributed by atoms with Gasteiger partial charge in [-0.2, -0.15) is 4.98 Å². The number of carbonyl (C=O) groups excluding carboxylic acids is 1. The largest absolute Gasteiger partial charge is 0.423 e. The Labute approximate surface area is 212 Å². The molecule has 0 saturated heterocycles. The number of hydrogen-bond acceptors (Lipinski definition) is 6. The number of aromatic nitrogens is 1. The Bertz CT molecular complexity index is 1430. The van der Waals surface area contributed by atoms with Crippen molar-refractivity contribution in [1.29, 1.82) is 0 Å². The van der Waals surface area contributed by atoms with Crippen molar-refractivity contribution in [2.45, 2.75) is 13.0 Å². The molecule has 7 nitrogen and oxygen atoms in total. The highest BCUT2D eigenvalue weighted by molar-refractivity contribution is 9.10. The lowest BCUT2D eigenvalue weighted by Crippen LogP contribution is -2.37. The minimum atomic E-state index is -0.564. The number of nitrogens with one attached hydrogen (secondary N) is 3. The van der Waals surface area contributed by atoms with Crippen LogP contribution in [0.25, 0.3) is 11.1 Å². The minimum Gasteiger partial charge on any atom is -0.423 e. The van der Waals surface area contributed by atoms with Crippen molar-refractivity contribution < 1.29 is 9.21 Å². The molecule has 0 fully saturated rings. The number of aliphatic imine (C=N–C) groups is 1. The highest BCUT2D eigenvalue weighted by Gasteiger charge is 2.31. The maximum atomic E-state index is 13.4. The second-order valence-corrected chi connectivity index (χ2v) is 9.32. The first-order chi connectivity index (χ1) is 16.5. The molecule has 1 aliphatic heterocycles. The van der Waals surface area contributed by atoms with E-state index in [0.29, 0.717) is 34.5 Å². The van der Waals surface area contributed by atoms with Gasteiger partial charge in [-0.1, -0.05) is 58.4 Å². The molecular formula is C25H19Br2N5O2. The van der Waals surface area contributed by atoms with Crippen LogP contribution in [0.15, 0.2) is 102 Å². The zero-order valence-corrected chi connectivity index (χ0v) is 21.1. The lowest BCUT2D eigenvalue weighted by Gasteiger charge is -2.27. The van der Waals surface area contributed by atoms with Crippen LogP contribution >= 0.6 is 31.9 Å². The average Bonchev–Trinajstić information content (AvgIpc) is 3.22. The monoisotopic (exact) mass is 579 g/mol. The zero-order valence-electron chi connectivity index (χ0n) is 18.0. The summed E-state index contributed by atoms with van der Waals surface area (Å²) in [6, 6.07) is 22.5. The highest BCUT2D eigenvalue weighted by atomic mass is 79.9. The number of oxazole rings is 1. The fourth-order valence-electron chi connectivity index (χ4n) is 3.74. The molecule has 9 heteroatoms. The van der Waals surface area contributed by atoms with E-state index in [1.165, 1.54) is 0 Å². The number of carbonyl (C=O) groups is 1. The summed E-state index contributed by atoms with van der Waals surface area (Å²) in [6.45, 7) is 1.85. The predicted molar refractivity (Wildman–Crippen MR) is 141 cm³/mol. The standard InChI is InChI=1S/C25H19Br2N5O2/c1-14-21(23(33)29-18-11-5-4-10-17(18)27)22(15-8-2-3-9-16(15)26)31-24(28-14)32-25-30-19-12-6-7-13-20(19)34-25/h2-13,22H,1H3,(H,29,33)(H2,28,30,31,32). The van der Waals surface area contributed by atoms with Crippen molar-refractivity contribution in [2.75, 3.05) is 10.6 Å². The van der Waals surface area contributed by atoms with E-state index in [9.17, 15) is 4.79 Å². The number of halogens is 2. The maximum Gasteiger partial charge on any atom is 0.302 e. The van der Waals surface area contributed by atoms with Crippen LogP contribution in [0.2, 0.25) is 0 Å². The molecule has 4 aromatic rings. The SMILES string of the molecule is CC1=C(C(=O)Nc2ccccc2Br)C(c2ccccc2Br)N=C(Nc2nc3ccccc3o2)N1. The number of fused-ring (bicyclic) bond motifs is 1. The Balaban J connectivity index is 1.50. The van der Waals surface area contributed by atoms with Crippen molar-refractivity contribution in [1.82, 2.24) is 10.3 Å². The van der Waals surface area contributed by atoms with E-state index in [1.54, 1.807) is 0 Å². The Kier molecular flexibility index (Phi) is 6.21. The van der Waals surface area contributed by atoms with E-state index < -0.39 is 6.04 Å².